The van der Waals surface area contributed by atoms with Crippen molar-refractivity contribution in [1.29, 1.82) is 0 Å². The Kier molecular flexibility index (Phi) is 6.02. The number of carboxylic acids is 1. The molecule has 2 aromatic carbocycles. The van der Waals surface area contributed by atoms with Crippen LogP contribution in [-0.2, 0) is 16.0 Å². The second kappa shape index (κ2) is 7.99. The highest BCUT2D eigenvalue weighted by Gasteiger charge is 2.15. The number of rotatable bonds is 6. The molecule has 0 bridgehead atoms. The molecule has 0 saturated heterocycles. The number of amides is 1. The van der Waals surface area contributed by atoms with Gasteiger partial charge >= 0.3 is 0 Å². The first-order chi connectivity index (χ1) is 10.9. The summed E-state index contributed by atoms with van der Waals surface area (Å²) in [6.07, 6.45) is -0.178. The maximum atomic E-state index is 12.1. The first-order valence-electron chi connectivity index (χ1n) is 6.93. The molecule has 0 radical (unpaired) electrons. The molecule has 1 amide bonds. The zero-order valence-corrected chi connectivity index (χ0v) is 13.6. The monoisotopic (exact) mass is 350 g/mol. The van der Waals surface area contributed by atoms with E-state index in [9.17, 15) is 14.7 Å². The lowest BCUT2D eigenvalue weighted by atomic mass is 10.0. The third-order valence-electron chi connectivity index (χ3n) is 3.26. The van der Waals surface area contributed by atoms with E-state index in [-0.39, 0.29) is 18.7 Å². The first-order valence-corrected chi connectivity index (χ1v) is 7.69. The van der Waals surface area contributed by atoms with Gasteiger partial charge in [0.15, 0.2) is 0 Å². The molecule has 0 aliphatic heterocycles. The number of carboxylic acid groups (broad SMARTS) is 1. The van der Waals surface area contributed by atoms with Crippen molar-refractivity contribution in [1.82, 2.24) is 5.32 Å². The summed E-state index contributed by atoms with van der Waals surface area (Å²) >= 11 is 11.6. The highest BCUT2D eigenvalue weighted by Crippen LogP contribution is 2.19. The fourth-order valence-electron chi connectivity index (χ4n) is 2.15. The Labute approximate surface area is 144 Å². The van der Waals surface area contributed by atoms with Crippen LogP contribution in [0, 0.1) is 0 Å². The van der Waals surface area contributed by atoms with Crippen LogP contribution in [-0.4, -0.2) is 11.9 Å². The number of carbonyl (C=O) groups excluding carboxylic acids is 2. The maximum absolute atomic E-state index is 12.1. The molecule has 0 aliphatic rings. The predicted octanol–water partition coefficient (Wildman–Crippen LogP) is 2.53. The van der Waals surface area contributed by atoms with Gasteiger partial charge in [0.1, 0.15) is 0 Å². The molecule has 6 heteroatoms. The van der Waals surface area contributed by atoms with E-state index < -0.39 is 12.0 Å². The molecule has 0 fully saturated rings. The van der Waals surface area contributed by atoms with Crippen molar-refractivity contribution < 1.29 is 14.7 Å². The summed E-state index contributed by atoms with van der Waals surface area (Å²) < 4.78 is 0. The Hall–Kier alpha value is -2.04. The molecule has 4 nitrogen and oxygen atoms in total. The topological polar surface area (TPSA) is 69.2 Å². The van der Waals surface area contributed by atoms with E-state index in [1.165, 1.54) is 0 Å². The van der Waals surface area contributed by atoms with Gasteiger partial charge in [-0.15, -0.1) is 0 Å². The van der Waals surface area contributed by atoms with Crippen molar-refractivity contribution in [3.05, 3.63) is 69.7 Å². The molecule has 0 saturated carbocycles. The van der Waals surface area contributed by atoms with Crippen molar-refractivity contribution in [2.45, 2.75) is 18.9 Å². The lowest BCUT2D eigenvalue weighted by Gasteiger charge is -2.20. The van der Waals surface area contributed by atoms with Gasteiger partial charge in [-0.2, -0.15) is 0 Å². The van der Waals surface area contributed by atoms with Gasteiger partial charge in [-0.1, -0.05) is 47.5 Å². The molecule has 0 spiro atoms. The maximum Gasteiger partial charge on any atom is 0.224 e. The summed E-state index contributed by atoms with van der Waals surface area (Å²) in [5.41, 5.74) is 1.44. The summed E-state index contributed by atoms with van der Waals surface area (Å²) in [4.78, 5) is 23.1. The Bertz CT molecular complexity index is 684. The summed E-state index contributed by atoms with van der Waals surface area (Å²) in [7, 11) is 0. The lowest BCUT2D eigenvalue weighted by Crippen LogP contribution is -2.35. The number of nitrogens with one attached hydrogen (secondary N) is 1. The van der Waals surface area contributed by atoms with E-state index in [2.05, 4.69) is 5.32 Å². The van der Waals surface area contributed by atoms with Gasteiger partial charge in [0, 0.05) is 22.4 Å². The molecule has 120 valence electrons. The minimum atomic E-state index is -1.24. The number of carbonyl (C=O) groups is 2. The molecular weight excluding hydrogens is 337 g/mol. The zero-order chi connectivity index (χ0) is 16.8. The normalized spacial score (nSPS) is 11.7. The average molecular weight is 351 g/mol. The molecule has 1 atom stereocenters. The van der Waals surface area contributed by atoms with Crippen LogP contribution in [0.1, 0.15) is 23.6 Å². The molecule has 23 heavy (non-hydrogen) atoms. The van der Waals surface area contributed by atoms with Crippen molar-refractivity contribution >= 4 is 35.1 Å². The minimum Gasteiger partial charge on any atom is -0.550 e. The summed E-state index contributed by atoms with van der Waals surface area (Å²) in [5, 5.41) is 14.8. The number of benzene rings is 2. The Morgan fingerprint density at radius 3 is 2.00 bits per heavy atom. The van der Waals surface area contributed by atoms with Crippen molar-refractivity contribution in [3.8, 4) is 0 Å². The van der Waals surface area contributed by atoms with Crippen LogP contribution in [0.5, 0.6) is 0 Å². The Balaban J connectivity index is 2.07. The summed E-state index contributed by atoms with van der Waals surface area (Å²) in [5.74, 6) is -1.52. The van der Waals surface area contributed by atoms with E-state index in [1.54, 1.807) is 48.5 Å². The van der Waals surface area contributed by atoms with Gasteiger partial charge in [-0.25, -0.2) is 0 Å². The smallest absolute Gasteiger partial charge is 0.224 e. The fraction of sp³-hybridized carbons (Fsp3) is 0.176. The van der Waals surface area contributed by atoms with E-state index in [0.717, 1.165) is 5.56 Å². The van der Waals surface area contributed by atoms with Crippen LogP contribution in [0.4, 0.5) is 0 Å². The van der Waals surface area contributed by atoms with Gasteiger partial charge in [0.2, 0.25) is 5.91 Å². The van der Waals surface area contributed by atoms with E-state index in [4.69, 9.17) is 23.2 Å². The summed E-state index contributed by atoms with van der Waals surface area (Å²) in [6.45, 7) is 0. The highest BCUT2D eigenvalue weighted by molar-refractivity contribution is 6.30. The minimum absolute atomic E-state index is 0.133. The van der Waals surface area contributed by atoms with Crippen molar-refractivity contribution in [3.63, 3.8) is 0 Å². The quantitative estimate of drug-likeness (QED) is 0.870. The predicted molar refractivity (Wildman–Crippen MR) is 87.1 cm³/mol. The van der Waals surface area contributed by atoms with Gasteiger partial charge in [0.05, 0.1) is 12.5 Å². The standard InChI is InChI=1S/C17H15Cl2NO3/c18-13-5-1-11(2-6-13)9-16(21)20-15(10-17(22)23)12-3-7-14(19)8-4-12/h1-8,15H,9-10H2,(H,20,21)(H,22,23)/p-1/t15-/m0/s1. The zero-order valence-electron chi connectivity index (χ0n) is 12.1. The third kappa shape index (κ3) is 5.58. The molecule has 2 aromatic rings. The van der Waals surface area contributed by atoms with Crippen molar-refractivity contribution in [2.75, 3.05) is 0 Å². The highest BCUT2D eigenvalue weighted by atomic mass is 35.5. The Morgan fingerprint density at radius 1 is 0.957 bits per heavy atom. The largest absolute Gasteiger partial charge is 0.550 e. The number of aliphatic carboxylic acids is 1. The SMILES string of the molecule is O=C([O-])C[C@H](NC(=O)Cc1ccc(Cl)cc1)c1ccc(Cl)cc1. The fourth-order valence-corrected chi connectivity index (χ4v) is 2.40. The van der Waals surface area contributed by atoms with E-state index in [0.29, 0.717) is 15.6 Å². The lowest BCUT2D eigenvalue weighted by molar-refractivity contribution is -0.306. The number of hydrogen-bond donors (Lipinski definition) is 1. The van der Waals surface area contributed by atoms with Crippen molar-refractivity contribution in [2.24, 2.45) is 0 Å². The second-order valence-corrected chi connectivity index (χ2v) is 5.92. The third-order valence-corrected chi connectivity index (χ3v) is 3.76. The van der Waals surface area contributed by atoms with Crippen LogP contribution < -0.4 is 10.4 Å². The molecule has 1 N–H and O–H groups in total. The van der Waals surface area contributed by atoms with Crippen LogP contribution >= 0.6 is 23.2 Å². The van der Waals surface area contributed by atoms with E-state index >= 15 is 0 Å². The number of halogens is 2. The average Bonchev–Trinajstić information content (AvgIpc) is 2.49. The molecule has 0 aliphatic carbocycles. The number of hydrogen-bond acceptors (Lipinski definition) is 3. The Morgan fingerprint density at radius 2 is 1.48 bits per heavy atom. The first kappa shape index (κ1) is 17.3. The van der Waals surface area contributed by atoms with E-state index in [1.807, 2.05) is 0 Å². The summed E-state index contributed by atoms with van der Waals surface area (Å²) in [6, 6.07) is 12.9. The van der Waals surface area contributed by atoms with Gasteiger partial charge in [-0.3, -0.25) is 4.79 Å². The molecule has 2 rings (SSSR count). The van der Waals surface area contributed by atoms with Crippen LogP contribution in [0.25, 0.3) is 0 Å². The van der Waals surface area contributed by atoms with Crippen LogP contribution in [0.2, 0.25) is 10.0 Å². The second-order valence-electron chi connectivity index (χ2n) is 5.05. The van der Waals surface area contributed by atoms with Gasteiger partial charge in [-0.05, 0) is 35.4 Å². The molecule has 0 heterocycles. The molecule has 0 aromatic heterocycles. The van der Waals surface area contributed by atoms with Crippen LogP contribution in [0.3, 0.4) is 0 Å². The molecule has 0 unspecified atom stereocenters. The van der Waals surface area contributed by atoms with Gasteiger partial charge in [0.25, 0.3) is 0 Å². The molecular formula is C17H14Cl2NO3-. The van der Waals surface area contributed by atoms with Gasteiger partial charge < -0.3 is 15.2 Å². The van der Waals surface area contributed by atoms with Crippen LogP contribution in [0.15, 0.2) is 48.5 Å².